The lowest BCUT2D eigenvalue weighted by atomic mass is 10.0. The number of hydrogen-bond acceptors (Lipinski definition) is 5. The molecule has 2 fully saturated rings. The van der Waals surface area contributed by atoms with Gasteiger partial charge in [-0.2, -0.15) is 10.3 Å². The predicted molar refractivity (Wildman–Crippen MR) is 86.5 cm³/mol. The van der Waals surface area contributed by atoms with Crippen molar-refractivity contribution in [2.45, 2.75) is 26.4 Å². The van der Waals surface area contributed by atoms with Gasteiger partial charge in [-0.15, -0.1) is 5.10 Å². The highest BCUT2D eigenvalue weighted by molar-refractivity contribution is 5.90. The number of aromatic nitrogens is 3. The summed E-state index contributed by atoms with van der Waals surface area (Å²) < 4.78 is 5.43. The van der Waals surface area contributed by atoms with E-state index >= 15 is 0 Å². The van der Waals surface area contributed by atoms with E-state index in [1.807, 2.05) is 25.7 Å². The van der Waals surface area contributed by atoms with Crippen LogP contribution in [0.2, 0.25) is 0 Å². The number of urea groups is 1. The topological polar surface area (TPSA) is 94.7 Å². The maximum Gasteiger partial charge on any atom is 0.410 e. The largest absolute Gasteiger partial charge is 0.444 e. The summed E-state index contributed by atoms with van der Waals surface area (Å²) in [5.41, 5.74) is -0.489. The number of fused-ring (bicyclic) bond motifs is 1. The maximum atomic E-state index is 12.5. The van der Waals surface area contributed by atoms with E-state index in [4.69, 9.17) is 4.74 Å². The van der Waals surface area contributed by atoms with Gasteiger partial charge >= 0.3 is 12.1 Å². The summed E-state index contributed by atoms with van der Waals surface area (Å²) in [6.45, 7) is 8.15. The average Bonchev–Trinajstić information content (AvgIpc) is 3.18. The van der Waals surface area contributed by atoms with Gasteiger partial charge in [0.1, 0.15) is 5.60 Å². The summed E-state index contributed by atoms with van der Waals surface area (Å²) in [4.78, 5) is 29.8. The molecule has 1 aromatic rings. The number of aromatic amines is 1. The maximum absolute atomic E-state index is 12.5. The van der Waals surface area contributed by atoms with E-state index in [1.54, 1.807) is 11.9 Å². The number of likely N-dealkylation sites (tertiary alicyclic amines) is 2. The molecule has 0 aliphatic carbocycles. The van der Waals surface area contributed by atoms with Crippen LogP contribution in [-0.4, -0.2) is 76.2 Å². The Morgan fingerprint density at radius 3 is 2.29 bits per heavy atom. The Bertz CT molecular complexity index is 597. The van der Waals surface area contributed by atoms with Crippen molar-refractivity contribution in [3.05, 3.63) is 6.20 Å². The van der Waals surface area contributed by atoms with Crippen LogP contribution in [0, 0.1) is 11.8 Å². The SMILES string of the molecule is CN(C(=O)N1C[C@H]2CN(C(=O)OC(C)(C)C)C[C@H]2C1)c1cn[nH]n1. The smallest absolute Gasteiger partial charge is 0.410 e. The van der Waals surface area contributed by atoms with E-state index in [2.05, 4.69) is 15.4 Å². The van der Waals surface area contributed by atoms with Crippen LogP contribution in [0.3, 0.4) is 0 Å². The van der Waals surface area contributed by atoms with Crippen LogP contribution in [-0.2, 0) is 4.74 Å². The second kappa shape index (κ2) is 5.95. The molecule has 0 spiro atoms. The molecule has 1 N–H and O–H groups in total. The first-order chi connectivity index (χ1) is 11.2. The van der Waals surface area contributed by atoms with Crippen molar-refractivity contribution < 1.29 is 14.3 Å². The third kappa shape index (κ3) is 3.29. The van der Waals surface area contributed by atoms with Crippen molar-refractivity contribution in [3.63, 3.8) is 0 Å². The zero-order chi connectivity index (χ0) is 17.5. The molecule has 1 aromatic heterocycles. The fraction of sp³-hybridized carbons (Fsp3) is 0.733. The lowest BCUT2D eigenvalue weighted by Gasteiger charge is -2.27. The van der Waals surface area contributed by atoms with Crippen molar-refractivity contribution in [1.29, 1.82) is 0 Å². The van der Waals surface area contributed by atoms with Gasteiger partial charge in [-0.05, 0) is 20.8 Å². The summed E-state index contributed by atoms with van der Waals surface area (Å²) in [6.07, 6.45) is 1.24. The molecule has 9 nitrogen and oxygen atoms in total. The van der Waals surface area contributed by atoms with Crippen LogP contribution in [0.4, 0.5) is 15.4 Å². The third-order valence-corrected chi connectivity index (χ3v) is 4.44. The summed E-state index contributed by atoms with van der Waals surface area (Å²) in [5, 5.41) is 10.1. The average molecular weight is 336 g/mol. The van der Waals surface area contributed by atoms with E-state index in [-0.39, 0.29) is 12.1 Å². The minimum absolute atomic E-state index is 0.0953. The van der Waals surface area contributed by atoms with Crippen LogP contribution >= 0.6 is 0 Å². The fourth-order valence-corrected chi connectivity index (χ4v) is 3.29. The second-order valence-corrected chi connectivity index (χ2v) is 7.48. The number of ether oxygens (including phenoxy) is 1. The number of carbonyl (C=O) groups is 2. The van der Waals surface area contributed by atoms with Gasteiger partial charge in [-0.3, -0.25) is 4.90 Å². The van der Waals surface area contributed by atoms with Gasteiger partial charge in [0.15, 0.2) is 5.82 Å². The van der Waals surface area contributed by atoms with Gasteiger partial charge < -0.3 is 14.5 Å². The number of anilines is 1. The van der Waals surface area contributed by atoms with Gasteiger partial charge in [0.05, 0.1) is 6.20 Å². The summed E-state index contributed by atoms with van der Waals surface area (Å²) >= 11 is 0. The zero-order valence-corrected chi connectivity index (χ0v) is 14.5. The number of amides is 3. The quantitative estimate of drug-likeness (QED) is 0.830. The van der Waals surface area contributed by atoms with E-state index in [1.165, 1.54) is 11.1 Å². The Morgan fingerprint density at radius 1 is 1.21 bits per heavy atom. The lowest BCUT2D eigenvalue weighted by molar-refractivity contribution is 0.0277. The summed E-state index contributed by atoms with van der Waals surface area (Å²) in [7, 11) is 1.68. The number of H-pyrrole nitrogens is 1. The number of hydrogen-bond donors (Lipinski definition) is 1. The van der Waals surface area contributed by atoms with E-state index < -0.39 is 5.60 Å². The molecule has 2 aliphatic rings. The normalized spacial score (nSPS) is 23.3. The number of carbonyl (C=O) groups excluding carboxylic acids is 2. The highest BCUT2D eigenvalue weighted by atomic mass is 16.6. The highest BCUT2D eigenvalue weighted by Crippen LogP contribution is 2.32. The molecule has 0 bridgehead atoms. The zero-order valence-electron chi connectivity index (χ0n) is 14.5. The molecule has 132 valence electrons. The van der Waals surface area contributed by atoms with Crippen molar-refractivity contribution in [3.8, 4) is 0 Å². The van der Waals surface area contributed by atoms with Crippen LogP contribution in [0.15, 0.2) is 6.20 Å². The molecule has 2 atom stereocenters. The third-order valence-electron chi connectivity index (χ3n) is 4.44. The Hall–Kier alpha value is -2.32. The predicted octanol–water partition coefficient (Wildman–Crippen LogP) is 1.16. The minimum Gasteiger partial charge on any atom is -0.444 e. The van der Waals surface area contributed by atoms with Crippen molar-refractivity contribution >= 4 is 17.9 Å². The molecule has 0 unspecified atom stereocenters. The first kappa shape index (κ1) is 16.5. The lowest BCUT2D eigenvalue weighted by Crippen LogP contribution is -2.42. The fourth-order valence-electron chi connectivity index (χ4n) is 3.29. The molecule has 2 saturated heterocycles. The summed E-state index contributed by atoms with van der Waals surface area (Å²) in [5.74, 6) is 1.09. The summed E-state index contributed by atoms with van der Waals surface area (Å²) in [6, 6.07) is -0.0953. The molecule has 2 aliphatic heterocycles. The molecule has 24 heavy (non-hydrogen) atoms. The molecule has 0 saturated carbocycles. The Kier molecular flexibility index (Phi) is 4.10. The van der Waals surface area contributed by atoms with Crippen LogP contribution in [0.25, 0.3) is 0 Å². The van der Waals surface area contributed by atoms with Crippen LogP contribution in [0.1, 0.15) is 20.8 Å². The second-order valence-electron chi connectivity index (χ2n) is 7.48. The Balaban J connectivity index is 1.55. The van der Waals surface area contributed by atoms with Crippen LogP contribution in [0.5, 0.6) is 0 Å². The van der Waals surface area contributed by atoms with E-state index in [0.717, 1.165) is 0 Å². The van der Waals surface area contributed by atoms with E-state index in [9.17, 15) is 9.59 Å². The molecular weight excluding hydrogens is 312 g/mol. The molecule has 9 heteroatoms. The van der Waals surface area contributed by atoms with Gasteiger partial charge in [0, 0.05) is 45.1 Å². The Labute approximate surface area is 140 Å². The van der Waals surface area contributed by atoms with Crippen molar-refractivity contribution in [2.75, 3.05) is 38.1 Å². The number of rotatable bonds is 1. The molecule has 0 radical (unpaired) electrons. The minimum atomic E-state index is -0.489. The van der Waals surface area contributed by atoms with Crippen molar-refractivity contribution in [2.24, 2.45) is 11.8 Å². The number of nitrogens with zero attached hydrogens (tertiary/aromatic N) is 5. The molecule has 0 aromatic carbocycles. The molecular formula is C15H24N6O3. The first-order valence-corrected chi connectivity index (χ1v) is 8.11. The van der Waals surface area contributed by atoms with E-state index in [0.29, 0.717) is 43.8 Å². The van der Waals surface area contributed by atoms with Gasteiger partial charge in [-0.25, -0.2) is 9.59 Å². The molecule has 3 amide bonds. The van der Waals surface area contributed by atoms with Crippen LogP contribution < -0.4 is 4.90 Å². The molecule has 3 rings (SSSR count). The molecule has 3 heterocycles. The number of nitrogens with one attached hydrogen (secondary N) is 1. The highest BCUT2D eigenvalue weighted by Gasteiger charge is 2.44. The monoisotopic (exact) mass is 336 g/mol. The van der Waals surface area contributed by atoms with Gasteiger partial charge in [0.25, 0.3) is 0 Å². The van der Waals surface area contributed by atoms with Gasteiger partial charge in [0.2, 0.25) is 0 Å². The first-order valence-electron chi connectivity index (χ1n) is 8.11. The van der Waals surface area contributed by atoms with Crippen molar-refractivity contribution in [1.82, 2.24) is 25.2 Å². The van der Waals surface area contributed by atoms with Gasteiger partial charge in [-0.1, -0.05) is 0 Å². The Morgan fingerprint density at radius 2 is 1.79 bits per heavy atom. The standard InChI is InChI=1S/C15H24N6O3/c1-15(2,3)24-14(23)21-8-10-6-20(7-11(10)9-21)13(22)19(4)12-5-16-18-17-12/h5,10-11H,6-9H2,1-4H3,(H,16,17,18)/t10-,11+.